The van der Waals surface area contributed by atoms with E-state index in [0.717, 1.165) is 25.2 Å². The monoisotopic (exact) mass is 361 g/mol. The second-order valence-corrected chi connectivity index (χ2v) is 7.94. The first-order chi connectivity index (χ1) is 12.5. The van der Waals surface area contributed by atoms with E-state index in [1.165, 1.54) is 12.8 Å². The predicted octanol–water partition coefficient (Wildman–Crippen LogP) is 0.337. The summed E-state index contributed by atoms with van der Waals surface area (Å²) < 4.78 is 5.87. The lowest BCUT2D eigenvalue weighted by Gasteiger charge is -2.35. The highest BCUT2D eigenvalue weighted by atomic mass is 16.5. The Balaban J connectivity index is 1.29. The van der Waals surface area contributed by atoms with Gasteiger partial charge in [0.15, 0.2) is 0 Å². The van der Waals surface area contributed by atoms with Crippen molar-refractivity contribution in [2.75, 3.05) is 33.8 Å². The maximum atomic E-state index is 12.5. The Bertz CT molecular complexity index is 684. The first-order valence-electron chi connectivity index (χ1n) is 9.41. The average molecular weight is 361 g/mol. The van der Waals surface area contributed by atoms with Gasteiger partial charge < -0.3 is 15.0 Å². The smallest absolute Gasteiger partial charge is 0.272 e. The van der Waals surface area contributed by atoms with Crippen LogP contribution in [-0.2, 0) is 9.53 Å². The Labute approximate surface area is 153 Å². The first kappa shape index (κ1) is 17.5. The van der Waals surface area contributed by atoms with E-state index in [4.69, 9.17) is 4.74 Å². The molecule has 3 atom stereocenters. The third-order valence-electron chi connectivity index (χ3n) is 5.57. The van der Waals surface area contributed by atoms with E-state index in [-0.39, 0.29) is 24.0 Å². The highest BCUT2D eigenvalue weighted by Gasteiger charge is 2.38. The molecule has 1 saturated carbocycles. The number of hydrogen-bond acceptors (Lipinski definition) is 5. The summed E-state index contributed by atoms with van der Waals surface area (Å²) in [6.07, 6.45) is 3.58. The Hall–Kier alpha value is -1.93. The fraction of sp³-hybridized carbons (Fsp3) is 0.722. The van der Waals surface area contributed by atoms with Gasteiger partial charge in [-0.3, -0.25) is 19.6 Å². The minimum atomic E-state index is -0.113. The lowest BCUT2D eigenvalue weighted by molar-refractivity contribution is -0.134. The highest BCUT2D eigenvalue weighted by molar-refractivity contribution is 5.92. The summed E-state index contributed by atoms with van der Waals surface area (Å²) >= 11 is 0. The molecule has 2 amide bonds. The molecule has 2 saturated heterocycles. The van der Waals surface area contributed by atoms with E-state index in [2.05, 4.69) is 20.4 Å². The number of carbonyl (C=O) groups excluding carboxylic acids is 2. The first-order valence-corrected chi connectivity index (χ1v) is 9.41. The number of morpholine rings is 1. The van der Waals surface area contributed by atoms with Crippen LogP contribution in [0.2, 0.25) is 0 Å². The molecule has 3 aliphatic rings. The molecular weight excluding hydrogens is 334 g/mol. The number of nitrogens with zero attached hydrogens (tertiary/aromatic N) is 3. The standard InChI is InChI=1S/C18H27N5O3/c1-22(2)17(24)6-14-9-23-8-12(5-13(23)10-26-14)19-18(25)16-7-15(20-21-16)11-3-4-11/h7,11-14H,3-6,8-10H2,1-2H3,(H,19,25)(H,20,21)/t12-,13+,14+/m1/s1. The molecule has 4 rings (SSSR count). The zero-order chi connectivity index (χ0) is 18.3. The van der Waals surface area contributed by atoms with Crippen LogP contribution in [0, 0.1) is 0 Å². The number of fused-ring (bicyclic) bond motifs is 1. The third-order valence-corrected chi connectivity index (χ3v) is 5.57. The largest absolute Gasteiger partial charge is 0.375 e. The quantitative estimate of drug-likeness (QED) is 0.789. The minimum absolute atomic E-state index is 0.0666. The molecule has 26 heavy (non-hydrogen) atoms. The minimum Gasteiger partial charge on any atom is -0.375 e. The lowest BCUT2D eigenvalue weighted by atomic mass is 10.1. The van der Waals surface area contributed by atoms with Crippen LogP contribution in [0.15, 0.2) is 6.07 Å². The van der Waals surface area contributed by atoms with Crippen molar-refractivity contribution in [1.82, 2.24) is 25.3 Å². The zero-order valence-corrected chi connectivity index (χ0v) is 15.4. The summed E-state index contributed by atoms with van der Waals surface area (Å²) in [6.45, 7) is 2.16. The van der Waals surface area contributed by atoms with Gasteiger partial charge in [0, 0.05) is 50.9 Å². The Kier molecular flexibility index (Phi) is 4.71. The number of aromatic nitrogens is 2. The summed E-state index contributed by atoms with van der Waals surface area (Å²) in [5, 5.41) is 10.2. The van der Waals surface area contributed by atoms with Gasteiger partial charge in [-0.2, -0.15) is 5.10 Å². The molecule has 0 radical (unpaired) electrons. The van der Waals surface area contributed by atoms with Gasteiger partial charge in [-0.1, -0.05) is 0 Å². The Morgan fingerprint density at radius 2 is 2.19 bits per heavy atom. The van der Waals surface area contributed by atoms with E-state index in [9.17, 15) is 9.59 Å². The Morgan fingerprint density at radius 3 is 2.92 bits per heavy atom. The van der Waals surface area contributed by atoms with Gasteiger partial charge in [-0.05, 0) is 25.3 Å². The molecule has 2 aliphatic heterocycles. The number of ether oxygens (including phenoxy) is 1. The SMILES string of the molecule is CN(C)C(=O)C[C@H]1CN2C[C@H](NC(=O)c3cc(C4CC4)[nH]n3)C[C@H]2CO1. The molecule has 8 heteroatoms. The van der Waals surface area contributed by atoms with E-state index in [0.29, 0.717) is 30.7 Å². The fourth-order valence-corrected chi connectivity index (χ4v) is 3.86. The second kappa shape index (κ2) is 7.00. The van der Waals surface area contributed by atoms with Gasteiger partial charge in [0.05, 0.1) is 19.1 Å². The van der Waals surface area contributed by atoms with Crippen molar-refractivity contribution < 1.29 is 14.3 Å². The molecular formula is C18H27N5O3. The average Bonchev–Trinajstić information content (AvgIpc) is 3.19. The molecule has 8 nitrogen and oxygen atoms in total. The number of amides is 2. The van der Waals surface area contributed by atoms with E-state index in [1.807, 2.05) is 6.07 Å². The molecule has 0 aromatic carbocycles. The number of aromatic amines is 1. The number of H-pyrrole nitrogens is 1. The van der Waals surface area contributed by atoms with Crippen LogP contribution in [0.1, 0.15) is 47.8 Å². The van der Waals surface area contributed by atoms with Crippen LogP contribution in [0.4, 0.5) is 0 Å². The third kappa shape index (κ3) is 3.76. The zero-order valence-electron chi connectivity index (χ0n) is 15.4. The van der Waals surface area contributed by atoms with Crippen LogP contribution in [0.3, 0.4) is 0 Å². The van der Waals surface area contributed by atoms with Gasteiger partial charge in [0.1, 0.15) is 5.69 Å². The molecule has 1 aromatic heterocycles. The summed E-state index contributed by atoms with van der Waals surface area (Å²) in [5.41, 5.74) is 1.54. The van der Waals surface area contributed by atoms with Crippen molar-refractivity contribution in [3.05, 3.63) is 17.5 Å². The van der Waals surface area contributed by atoms with Crippen LogP contribution >= 0.6 is 0 Å². The van der Waals surface area contributed by atoms with Crippen LogP contribution in [-0.4, -0.2) is 83.8 Å². The van der Waals surface area contributed by atoms with Crippen LogP contribution in [0.25, 0.3) is 0 Å². The van der Waals surface area contributed by atoms with Crippen molar-refractivity contribution in [3.63, 3.8) is 0 Å². The van der Waals surface area contributed by atoms with E-state index in [1.54, 1.807) is 19.0 Å². The summed E-state index contributed by atoms with van der Waals surface area (Å²) in [6, 6.07) is 2.29. The number of rotatable bonds is 5. The normalized spacial score (nSPS) is 28.6. The van der Waals surface area contributed by atoms with Crippen molar-refractivity contribution in [1.29, 1.82) is 0 Å². The molecule has 0 spiro atoms. The number of nitrogens with one attached hydrogen (secondary N) is 2. The molecule has 1 aliphatic carbocycles. The Morgan fingerprint density at radius 1 is 1.38 bits per heavy atom. The van der Waals surface area contributed by atoms with Gasteiger partial charge in [0.25, 0.3) is 5.91 Å². The molecule has 142 valence electrons. The van der Waals surface area contributed by atoms with Gasteiger partial charge >= 0.3 is 0 Å². The van der Waals surface area contributed by atoms with Crippen LogP contribution < -0.4 is 5.32 Å². The van der Waals surface area contributed by atoms with Gasteiger partial charge in [0.2, 0.25) is 5.91 Å². The summed E-state index contributed by atoms with van der Waals surface area (Å²) in [7, 11) is 3.53. The maximum Gasteiger partial charge on any atom is 0.272 e. The van der Waals surface area contributed by atoms with Crippen molar-refractivity contribution in [2.24, 2.45) is 0 Å². The molecule has 2 N–H and O–H groups in total. The molecule has 3 fully saturated rings. The molecule has 1 aromatic rings. The second-order valence-electron chi connectivity index (χ2n) is 7.94. The lowest BCUT2D eigenvalue weighted by Crippen LogP contribution is -2.47. The number of carbonyl (C=O) groups is 2. The van der Waals surface area contributed by atoms with Crippen LogP contribution in [0.5, 0.6) is 0 Å². The maximum absolute atomic E-state index is 12.5. The van der Waals surface area contributed by atoms with Crippen molar-refractivity contribution >= 4 is 11.8 Å². The molecule has 0 bridgehead atoms. The van der Waals surface area contributed by atoms with Crippen molar-refractivity contribution in [2.45, 2.75) is 49.8 Å². The topological polar surface area (TPSA) is 90.6 Å². The van der Waals surface area contributed by atoms with Gasteiger partial charge in [-0.25, -0.2) is 0 Å². The predicted molar refractivity (Wildman–Crippen MR) is 94.8 cm³/mol. The summed E-state index contributed by atoms with van der Waals surface area (Å²) in [4.78, 5) is 28.3. The highest BCUT2D eigenvalue weighted by Crippen LogP contribution is 2.39. The summed E-state index contributed by atoms with van der Waals surface area (Å²) in [5.74, 6) is 0.532. The van der Waals surface area contributed by atoms with E-state index >= 15 is 0 Å². The number of hydrogen-bond donors (Lipinski definition) is 2. The fourth-order valence-electron chi connectivity index (χ4n) is 3.86. The molecule has 3 heterocycles. The van der Waals surface area contributed by atoms with Crippen molar-refractivity contribution in [3.8, 4) is 0 Å². The van der Waals surface area contributed by atoms with E-state index < -0.39 is 0 Å². The van der Waals surface area contributed by atoms with Gasteiger partial charge in [-0.15, -0.1) is 0 Å². The molecule has 0 unspecified atom stereocenters.